The van der Waals surface area contributed by atoms with Gasteiger partial charge >= 0.3 is 0 Å². The molecule has 0 saturated carbocycles. The Morgan fingerprint density at radius 3 is 2.84 bits per heavy atom. The molecule has 104 valence electrons. The van der Waals surface area contributed by atoms with Gasteiger partial charge in [-0.2, -0.15) is 9.35 Å². The fourth-order valence-corrected chi connectivity index (χ4v) is 2.30. The summed E-state index contributed by atoms with van der Waals surface area (Å²) >= 11 is 0. The van der Waals surface area contributed by atoms with Crippen LogP contribution >= 0.6 is 0 Å². The number of hydroxylamine groups is 2. The summed E-state index contributed by atoms with van der Waals surface area (Å²) in [5.74, 6) is 0.475. The Labute approximate surface area is 113 Å². The van der Waals surface area contributed by atoms with Crippen molar-refractivity contribution in [3.8, 4) is 0 Å². The predicted octanol–water partition coefficient (Wildman–Crippen LogP) is 1.38. The van der Waals surface area contributed by atoms with Gasteiger partial charge in [-0.05, 0) is 18.4 Å². The molecule has 1 aliphatic carbocycles. The molecular formula is C12H15NO5S. The number of hydrogen-bond donors (Lipinski definition) is 1. The predicted molar refractivity (Wildman–Crippen MR) is 68.8 cm³/mol. The van der Waals surface area contributed by atoms with Crippen molar-refractivity contribution in [3.05, 3.63) is 48.3 Å². The van der Waals surface area contributed by atoms with Crippen LogP contribution in [0, 0.1) is 0 Å². The van der Waals surface area contributed by atoms with Crippen LogP contribution in [0.25, 0.3) is 0 Å². The molecule has 0 aromatic heterocycles. The molecule has 0 spiro atoms. The Morgan fingerprint density at radius 2 is 2.26 bits per heavy atom. The SMILES string of the molecule is CN(O[SH](=O)=O)C(C1=CC=CCC1)C1=COC=CO1. The van der Waals surface area contributed by atoms with Gasteiger partial charge < -0.3 is 9.47 Å². The van der Waals surface area contributed by atoms with Crippen LogP contribution in [0.1, 0.15) is 12.8 Å². The third-order valence-electron chi connectivity index (χ3n) is 2.75. The molecule has 0 radical (unpaired) electrons. The molecule has 1 atom stereocenters. The summed E-state index contributed by atoms with van der Waals surface area (Å²) in [6.45, 7) is 0. The van der Waals surface area contributed by atoms with E-state index in [0.29, 0.717) is 5.76 Å². The van der Waals surface area contributed by atoms with Crippen molar-refractivity contribution in [2.24, 2.45) is 0 Å². The van der Waals surface area contributed by atoms with Crippen molar-refractivity contribution in [3.63, 3.8) is 0 Å². The van der Waals surface area contributed by atoms with Gasteiger partial charge in [0, 0.05) is 7.05 Å². The van der Waals surface area contributed by atoms with E-state index in [4.69, 9.17) is 13.8 Å². The fourth-order valence-electron chi connectivity index (χ4n) is 2.00. The first-order valence-corrected chi connectivity index (χ1v) is 6.86. The lowest BCUT2D eigenvalue weighted by Crippen LogP contribution is -2.36. The van der Waals surface area contributed by atoms with Crippen LogP contribution in [0.2, 0.25) is 0 Å². The topological polar surface area (TPSA) is 65.1 Å². The van der Waals surface area contributed by atoms with Crippen LogP contribution in [0.4, 0.5) is 0 Å². The van der Waals surface area contributed by atoms with Crippen molar-refractivity contribution in [1.82, 2.24) is 5.06 Å². The molecule has 0 fully saturated rings. The van der Waals surface area contributed by atoms with Gasteiger partial charge in [0.1, 0.15) is 24.8 Å². The maximum absolute atomic E-state index is 10.7. The molecule has 1 aliphatic heterocycles. The molecule has 0 aromatic rings. The fraction of sp³-hybridized carbons (Fsp3) is 0.333. The van der Waals surface area contributed by atoms with Gasteiger partial charge in [-0.25, -0.2) is 8.42 Å². The van der Waals surface area contributed by atoms with Crippen molar-refractivity contribution in [2.45, 2.75) is 18.9 Å². The average Bonchev–Trinajstić information content (AvgIpc) is 2.40. The molecule has 1 heterocycles. The molecule has 0 amide bonds. The monoisotopic (exact) mass is 285 g/mol. The van der Waals surface area contributed by atoms with E-state index < -0.39 is 17.0 Å². The first kappa shape index (κ1) is 13.9. The standard InChI is InChI=1S/C12H15NO5S/c1-13(18-19(14)15)12(10-5-3-2-4-6-10)11-9-16-7-8-17-11/h2-3,5,7-9,12,19H,4,6H2,1H3. The largest absolute Gasteiger partial charge is 0.466 e. The van der Waals surface area contributed by atoms with E-state index in [1.54, 1.807) is 0 Å². The minimum absolute atomic E-state index is 0.442. The number of rotatable bonds is 5. The highest BCUT2D eigenvalue weighted by atomic mass is 32.2. The lowest BCUT2D eigenvalue weighted by atomic mass is 9.96. The summed E-state index contributed by atoms with van der Waals surface area (Å²) in [5, 5.41) is 1.24. The summed E-state index contributed by atoms with van der Waals surface area (Å²) in [7, 11) is -1.44. The minimum Gasteiger partial charge on any atom is -0.466 e. The van der Waals surface area contributed by atoms with Crippen LogP contribution < -0.4 is 0 Å². The molecule has 0 aromatic carbocycles. The van der Waals surface area contributed by atoms with E-state index in [0.717, 1.165) is 18.4 Å². The Morgan fingerprint density at radius 1 is 1.42 bits per heavy atom. The van der Waals surface area contributed by atoms with Gasteiger partial charge in [0.25, 0.3) is 11.0 Å². The zero-order chi connectivity index (χ0) is 13.7. The van der Waals surface area contributed by atoms with E-state index >= 15 is 0 Å². The Kier molecular flexibility index (Phi) is 4.78. The molecule has 7 heteroatoms. The molecule has 2 aliphatic rings. The van der Waals surface area contributed by atoms with Crippen LogP contribution in [-0.4, -0.2) is 26.6 Å². The summed E-state index contributed by atoms with van der Waals surface area (Å²) < 4.78 is 36.6. The molecule has 6 nitrogen and oxygen atoms in total. The van der Waals surface area contributed by atoms with Gasteiger partial charge in [0.2, 0.25) is 0 Å². The van der Waals surface area contributed by atoms with E-state index in [1.165, 1.54) is 30.9 Å². The van der Waals surface area contributed by atoms with Gasteiger partial charge in [-0.1, -0.05) is 18.2 Å². The van der Waals surface area contributed by atoms with Gasteiger partial charge in [0.05, 0.1) is 0 Å². The number of allylic oxidation sites excluding steroid dienone is 3. The Hall–Kier alpha value is -1.57. The van der Waals surface area contributed by atoms with Crippen molar-refractivity contribution >= 4 is 11.0 Å². The highest BCUT2D eigenvalue weighted by Gasteiger charge is 2.28. The van der Waals surface area contributed by atoms with Crippen LogP contribution in [-0.2, 0) is 24.7 Å². The summed E-state index contributed by atoms with van der Waals surface area (Å²) in [4.78, 5) is 0. The Balaban J connectivity index is 2.24. The average molecular weight is 285 g/mol. The minimum atomic E-state index is -2.98. The zero-order valence-corrected chi connectivity index (χ0v) is 11.3. The highest BCUT2D eigenvalue weighted by molar-refractivity contribution is 7.67. The number of thiol groups is 1. The van der Waals surface area contributed by atoms with E-state index in [2.05, 4.69) is 0 Å². The third kappa shape index (κ3) is 3.69. The molecule has 1 unspecified atom stereocenters. The first-order valence-electron chi connectivity index (χ1n) is 5.76. The first-order chi connectivity index (χ1) is 9.18. The van der Waals surface area contributed by atoms with E-state index in [1.807, 2.05) is 18.2 Å². The van der Waals surface area contributed by atoms with E-state index in [9.17, 15) is 8.42 Å². The molecule has 0 N–H and O–H groups in total. The second-order valence-electron chi connectivity index (χ2n) is 4.01. The summed E-state index contributed by atoms with van der Waals surface area (Å²) in [6.07, 6.45) is 11.8. The molecule has 19 heavy (non-hydrogen) atoms. The molecular weight excluding hydrogens is 270 g/mol. The number of ether oxygens (including phenoxy) is 2. The smallest absolute Gasteiger partial charge is 0.273 e. The van der Waals surface area contributed by atoms with Gasteiger partial charge in [-0.3, -0.25) is 0 Å². The third-order valence-corrected chi connectivity index (χ3v) is 3.14. The van der Waals surface area contributed by atoms with Crippen molar-refractivity contribution in [2.75, 3.05) is 7.05 Å². The van der Waals surface area contributed by atoms with Gasteiger partial charge in [0.15, 0.2) is 5.76 Å². The van der Waals surface area contributed by atoms with Gasteiger partial charge in [-0.15, -0.1) is 0 Å². The Bertz CT molecular complexity index is 510. The maximum Gasteiger partial charge on any atom is 0.273 e. The lowest BCUT2D eigenvalue weighted by molar-refractivity contribution is -0.0501. The van der Waals surface area contributed by atoms with Crippen molar-refractivity contribution in [1.29, 1.82) is 0 Å². The highest BCUT2D eigenvalue weighted by Crippen LogP contribution is 2.27. The summed E-state index contributed by atoms with van der Waals surface area (Å²) in [5.41, 5.74) is 0.993. The second kappa shape index (κ2) is 6.55. The molecule has 2 rings (SSSR count). The maximum atomic E-state index is 10.7. The van der Waals surface area contributed by atoms with Crippen LogP contribution in [0.5, 0.6) is 0 Å². The molecule has 0 saturated heterocycles. The zero-order valence-electron chi connectivity index (χ0n) is 10.4. The van der Waals surface area contributed by atoms with E-state index in [-0.39, 0.29) is 0 Å². The normalized spacial score (nSPS) is 19.7. The van der Waals surface area contributed by atoms with Crippen LogP contribution in [0.15, 0.2) is 48.3 Å². The second-order valence-corrected chi connectivity index (χ2v) is 4.62. The number of likely N-dealkylation sites (N-methyl/N-ethyl adjacent to an activating group) is 1. The van der Waals surface area contributed by atoms with Crippen LogP contribution in [0.3, 0.4) is 0 Å². The number of nitrogens with zero attached hydrogens (tertiary/aromatic N) is 1. The number of hydrogen-bond acceptors (Lipinski definition) is 6. The van der Waals surface area contributed by atoms with Crippen molar-refractivity contribution < 1.29 is 22.2 Å². The summed E-state index contributed by atoms with van der Waals surface area (Å²) in [6, 6.07) is -0.442. The molecule has 0 bridgehead atoms. The lowest BCUT2D eigenvalue weighted by Gasteiger charge is -2.29. The quantitative estimate of drug-likeness (QED) is 0.608.